The van der Waals surface area contributed by atoms with Crippen LogP contribution in [-0.2, 0) is 13.0 Å². The summed E-state index contributed by atoms with van der Waals surface area (Å²) in [6.45, 7) is 5.50. The molecule has 0 saturated carbocycles. The lowest BCUT2D eigenvalue weighted by Crippen LogP contribution is -2.30. The van der Waals surface area contributed by atoms with Crippen LogP contribution in [0.3, 0.4) is 0 Å². The van der Waals surface area contributed by atoms with E-state index in [4.69, 9.17) is 4.74 Å². The zero-order valence-electron chi connectivity index (χ0n) is 13.9. The molecule has 0 N–H and O–H groups in total. The second kappa shape index (κ2) is 8.06. The van der Waals surface area contributed by atoms with E-state index in [1.165, 1.54) is 17.7 Å². The third-order valence-electron chi connectivity index (χ3n) is 4.03. The molecule has 2 aromatic carbocycles. The smallest absolute Gasteiger partial charge is 0.126 e. The molecule has 124 valence electrons. The van der Waals surface area contributed by atoms with Gasteiger partial charge in [0.25, 0.3) is 0 Å². The zero-order chi connectivity index (χ0) is 16.8. The average molecular weight is 319 g/mol. The molecule has 0 spiro atoms. The van der Waals surface area contributed by atoms with Crippen LogP contribution in [0.25, 0.3) is 0 Å². The first kappa shape index (κ1) is 17.4. The molecule has 2 aromatic rings. The van der Waals surface area contributed by atoms with Gasteiger partial charge in [0.15, 0.2) is 0 Å². The minimum Gasteiger partial charge on any atom is -0.489 e. The molecule has 0 heterocycles. The van der Waals surface area contributed by atoms with Gasteiger partial charge in [-0.25, -0.2) is 8.78 Å². The number of ether oxygens (including phenoxy) is 1. The van der Waals surface area contributed by atoms with E-state index in [0.29, 0.717) is 17.4 Å². The fourth-order valence-electron chi connectivity index (χ4n) is 2.39. The van der Waals surface area contributed by atoms with Gasteiger partial charge in [0.1, 0.15) is 24.0 Å². The van der Waals surface area contributed by atoms with Crippen LogP contribution in [0.15, 0.2) is 42.5 Å². The molecule has 0 aliphatic heterocycles. The molecular weight excluding hydrogens is 296 g/mol. The first-order chi connectivity index (χ1) is 11.0. The molecule has 0 saturated heterocycles. The van der Waals surface area contributed by atoms with Crippen molar-refractivity contribution in [1.29, 1.82) is 0 Å². The number of hydrogen-bond acceptors (Lipinski definition) is 2. The maximum absolute atomic E-state index is 13.1. The third-order valence-corrected chi connectivity index (χ3v) is 4.03. The average Bonchev–Trinajstić information content (AvgIpc) is 2.52. The third kappa shape index (κ3) is 5.32. The van der Waals surface area contributed by atoms with Crippen LogP contribution in [0.4, 0.5) is 8.78 Å². The maximum Gasteiger partial charge on any atom is 0.126 e. The highest BCUT2D eigenvalue weighted by atomic mass is 19.1. The molecule has 23 heavy (non-hydrogen) atoms. The minimum atomic E-state index is -0.590. The number of hydrogen-bond donors (Lipinski definition) is 0. The number of likely N-dealkylation sites (N-methyl/N-ethyl adjacent to an activating group) is 1. The Morgan fingerprint density at radius 3 is 2.17 bits per heavy atom. The quantitative estimate of drug-likeness (QED) is 0.749. The largest absolute Gasteiger partial charge is 0.489 e. The van der Waals surface area contributed by atoms with E-state index in [0.717, 1.165) is 19.0 Å². The summed E-state index contributed by atoms with van der Waals surface area (Å²) < 4.78 is 31.8. The summed E-state index contributed by atoms with van der Waals surface area (Å²) >= 11 is 0. The first-order valence-electron chi connectivity index (χ1n) is 7.85. The number of nitrogens with zero attached hydrogens (tertiary/aromatic N) is 1. The van der Waals surface area contributed by atoms with Crippen LogP contribution < -0.4 is 4.74 Å². The van der Waals surface area contributed by atoms with Gasteiger partial charge in [-0.05, 0) is 62.3 Å². The summed E-state index contributed by atoms with van der Waals surface area (Å²) in [7, 11) is 2.11. The predicted molar refractivity (Wildman–Crippen MR) is 88.6 cm³/mol. The number of rotatable bonds is 7. The molecule has 0 aromatic heterocycles. The molecule has 0 amide bonds. The Labute approximate surface area is 136 Å². The Morgan fingerprint density at radius 1 is 1.00 bits per heavy atom. The standard InChI is InChI=1S/C19H23F2NO/c1-4-22(3)14(2)9-15-5-7-19(8-6-15)23-13-16-10-17(20)12-18(21)11-16/h5-8,10-12,14H,4,9,13H2,1-3H3/t14-/m1/s1. The van der Waals surface area contributed by atoms with Gasteiger partial charge < -0.3 is 9.64 Å². The Morgan fingerprint density at radius 2 is 1.61 bits per heavy atom. The summed E-state index contributed by atoms with van der Waals surface area (Å²) in [5.41, 5.74) is 1.71. The second-order valence-electron chi connectivity index (χ2n) is 5.84. The lowest BCUT2D eigenvalue weighted by Gasteiger charge is -2.23. The SMILES string of the molecule is CCN(C)[C@H](C)Cc1ccc(OCc2cc(F)cc(F)c2)cc1. The van der Waals surface area contributed by atoms with E-state index >= 15 is 0 Å². The Hall–Kier alpha value is -1.94. The van der Waals surface area contributed by atoms with Crippen LogP contribution in [0.1, 0.15) is 25.0 Å². The topological polar surface area (TPSA) is 12.5 Å². The van der Waals surface area contributed by atoms with Crippen LogP contribution in [0, 0.1) is 11.6 Å². The van der Waals surface area contributed by atoms with Crippen molar-refractivity contribution in [3.63, 3.8) is 0 Å². The Bertz CT molecular complexity index is 608. The van der Waals surface area contributed by atoms with Crippen molar-refractivity contribution in [2.45, 2.75) is 32.9 Å². The molecule has 0 aliphatic rings. The van der Waals surface area contributed by atoms with E-state index in [1.54, 1.807) is 0 Å². The molecular formula is C19H23F2NO. The highest BCUT2D eigenvalue weighted by molar-refractivity contribution is 5.28. The van der Waals surface area contributed by atoms with Crippen molar-refractivity contribution in [2.24, 2.45) is 0 Å². The fourth-order valence-corrected chi connectivity index (χ4v) is 2.39. The number of benzene rings is 2. The first-order valence-corrected chi connectivity index (χ1v) is 7.85. The van der Waals surface area contributed by atoms with Gasteiger partial charge in [-0.2, -0.15) is 0 Å². The van der Waals surface area contributed by atoms with Crippen molar-refractivity contribution in [3.05, 3.63) is 65.2 Å². The van der Waals surface area contributed by atoms with Gasteiger partial charge in [-0.3, -0.25) is 0 Å². The van der Waals surface area contributed by atoms with Crippen LogP contribution in [0.5, 0.6) is 5.75 Å². The van der Waals surface area contributed by atoms with E-state index < -0.39 is 11.6 Å². The molecule has 2 nitrogen and oxygen atoms in total. The summed E-state index contributed by atoms with van der Waals surface area (Å²) in [5.74, 6) is -0.490. The molecule has 0 radical (unpaired) electrons. The second-order valence-corrected chi connectivity index (χ2v) is 5.84. The fraction of sp³-hybridized carbons (Fsp3) is 0.368. The van der Waals surface area contributed by atoms with Crippen LogP contribution in [-0.4, -0.2) is 24.5 Å². The van der Waals surface area contributed by atoms with Gasteiger partial charge in [0.05, 0.1) is 0 Å². The number of halogens is 2. The van der Waals surface area contributed by atoms with Gasteiger partial charge in [0, 0.05) is 12.1 Å². The maximum atomic E-state index is 13.1. The van der Waals surface area contributed by atoms with Crippen molar-refractivity contribution in [2.75, 3.05) is 13.6 Å². The van der Waals surface area contributed by atoms with Crippen LogP contribution >= 0.6 is 0 Å². The lowest BCUT2D eigenvalue weighted by atomic mass is 10.1. The van der Waals surface area contributed by atoms with E-state index in [2.05, 4.69) is 25.8 Å². The molecule has 4 heteroatoms. The molecule has 1 atom stereocenters. The Kier molecular flexibility index (Phi) is 6.11. The molecule has 0 bridgehead atoms. The van der Waals surface area contributed by atoms with Crippen molar-refractivity contribution >= 4 is 0 Å². The molecule has 0 fully saturated rings. The van der Waals surface area contributed by atoms with E-state index in [-0.39, 0.29) is 6.61 Å². The van der Waals surface area contributed by atoms with Gasteiger partial charge in [-0.15, -0.1) is 0 Å². The highest BCUT2D eigenvalue weighted by Crippen LogP contribution is 2.17. The lowest BCUT2D eigenvalue weighted by molar-refractivity contribution is 0.269. The van der Waals surface area contributed by atoms with Crippen molar-refractivity contribution in [1.82, 2.24) is 4.90 Å². The normalized spacial score (nSPS) is 12.4. The molecule has 0 unspecified atom stereocenters. The summed E-state index contributed by atoms with van der Waals surface area (Å²) in [6, 6.07) is 11.7. The Balaban J connectivity index is 1.92. The predicted octanol–water partition coefficient (Wildman–Crippen LogP) is 4.43. The summed E-state index contributed by atoms with van der Waals surface area (Å²) in [4.78, 5) is 2.29. The zero-order valence-corrected chi connectivity index (χ0v) is 13.9. The van der Waals surface area contributed by atoms with E-state index in [1.807, 2.05) is 24.3 Å². The van der Waals surface area contributed by atoms with Crippen molar-refractivity contribution in [3.8, 4) is 5.75 Å². The monoisotopic (exact) mass is 319 g/mol. The van der Waals surface area contributed by atoms with E-state index in [9.17, 15) is 8.78 Å². The minimum absolute atomic E-state index is 0.142. The van der Waals surface area contributed by atoms with Crippen LogP contribution in [0.2, 0.25) is 0 Å². The highest BCUT2D eigenvalue weighted by Gasteiger charge is 2.08. The molecule has 0 aliphatic carbocycles. The summed E-state index contributed by atoms with van der Waals surface area (Å²) in [5, 5.41) is 0. The van der Waals surface area contributed by atoms with Gasteiger partial charge >= 0.3 is 0 Å². The van der Waals surface area contributed by atoms with Gasteiger partial charge in [0.2, 0.25) is 0 Å². The summed E-state index contributed by atoms with van der Waals surface area (Å²) in [6.07, 6.45) is 0.972. The van der Waals surface area contributed by atoms with Gasteiger partial charge in [-0.1, -0.05) is 19.1 Å². The van der Waals surface area contributed by atoms with Crippen molar-refractivity contribution < 1.29 is 13.5 Å². The molecule has 2 rings (SSSR count).